The largest absolute Gasteiger partial charge is 0.310 e. The highest BCUT2D eigenvalue weighted by Crippen LogP contribution is 2.52. The molecule has 11 rings (SSSR count). The highest BCUT2D eigenvalue weighted by Gasteiger charge is 2.35. The van der Waals surface area contributed by atoms with E-state index in [-0.39, 0.29) is 5.41 Å². The first-order chi connectivity index (χ1) is 29.5. The Morgan fingerprint density at radius 3 is 1.55 bits per heavy atom. The van der Waals surface area contributed by atoms with Gasteiger partial charge in [0.2, 0.25) is 0 Å². The van der Waals surface area contributed by atoms with Gasteiger partial charge in [-0.25, -0.2) is 0 Å². The Hall–Kier alpha value is -7.48. The number of para-hydroxylation sites is 1. The SMILES string of the molecule is CC1(C)c2ccccc2-c2cc(N(c3ccc(-c4cc5ccccc5c5ccccc45)cc3)c3ccccc3-c3ccccc3-c3ccccc3-c3ccccc3)ccc21. The second-order valence-electron chi connectivity index (χ2n) is 16.4. The van der Waals surface area contributed by atoms with Crippen molar-refractivity contribution < 1.29 is 0 Å². The standard InChI is InChI=1S/C59H43N/c1-59(2)56-30-16-14-28-52(56)55-39-44(36-37-57(55)59)60(43-34-32-41(33-35-43)54-38-42-20-6-7-22-46(42)48-24-10-13-27-51(48)54)58-31-17-15-29-53(58)50-26-12-11-25-49(50)47-23-9-8-21-45(47)40-18-4-3-5-19-40/h3-39H,1-2H3. The molecule has 0 saturated heterocycles. The van der Waals surface area contributed by atoms with E-state index in [1.165, 1.54) is 88.3 Å². The van der Waals surface area contributed by atoms with Crippen molar-refractivity contribution in [1.29, 1.82) is 0 Å². The molecule has 0 aliphatic heterocycles. The minimum atomic E-state index is -0.0808. The van der Waals surface area contributed by atoms with E-state index >= 15 is 0 Å². The van der Waals surface area contributed by atoms with Crippen LogP contribution in [-0.2, 0) is 5.41 Å². The second-order valence-corrected chi connectivity index (χ2v) is 16.4. The summed E-state index contributed by atoms with van der Waals surface area (Å²) in [6.07, 6.45) is 0. The van der Waals surface area contributed by atoms with Gasteiger partial charge in [0.25, 0.3) is 0 Å². The van der Waals surface area contributed by atoms with Crippen LogP contribution in [0.3, 0.4) is 0 Å². The number of nitrogens with zero attached hydrogens (tertiary/aromatic N) is 1. The predicted molar refractivity (Wildman–Crippen MR) is 255 cm³/mol. The van der Waals surface area contributed by atoms with E-state index in [0.717, 1.165) is 17.1 Å². The number of fused-ring (bicyclic) bond motifs is 6. The lowest BCUT2D eigenvalue weighted by atomic mass is 9.82. The first kappa shape index (κ1) is 35.7. The van der Waals surface area contributed by atoms with Crippen LogP contribution in [0.4, 0.5) is 17.1 Å². The van der Waals surface area contributed by atoms with E-state index in [1.54, 1.807) is 0 Å². The highest BCUT2D eigenvalue weighted by molar-refractivity contribution is 6.14. The van der Waals surface area contributed by atoms with E-state index in [4.69, 9.17) is 0 Å². The predicted octanol–water partition coefficient (Wildman–Crippen LogP) is 16.4. The lowest BCUT2D eigenvalue weighted by Gasteiger charge is -2.30. The molecule has 284 valence electrons. The van der Waals surface area contributed by atoms with Crippen molar-refractivity contribution in [2.24, 2.45) is 0 Å². The molecule has 1 aliphatic carbocycles. The summed E-state index contributed by atoms with van der Waals surface area (Å²) < 4.78 is 0. The molecule has 10 aromatic rings. The number of anilines is 3. The Labute approximate surface area is 352 Å². The fourth-order valence-corrected chi connectivity index (χ4v) is 9.79. The number of hydrogen-bond donors (Lipinski definition) is 0. The number of hydrogen-bond acceptors (Lipinski definition) is 1. The molecular formula is C59H43N. The monoisotopic (exact) mass is 765 g/mol. The molecule has 1 heteroatoms. The van der Waals surface area contributed by atoms with E-state index in [1.807, 2.05) is 0 Å². The minimum absolute atomic E-state index is 0.0808. The van der Waals surface area contributed by atoms with Gasteiger partial charge in [-0.3, -0.25) is 0 Å². The molecule has 0 fully saturated rings. The summed E-state index contributed by atoms with van der Waals surface area (Å²) in [5, 5.41) is 5.07. The van der Waals surface area contributed by atoms with Gasteiger partial charge in [-0.15, -0.1) is 0 Å². The molecule has 0 unspecified atom stereocenters. The molecule has 0 amide bonds. The molecule has 0 N–H and O–H groups in total. The van der Waals surface area contributed by atoms with Gasteiger partial charge in [0.15, 0.2) is 0 Å². The molecule has 0 aromatic heterocycles. The van der Waals surface area contributed by atoms with Gasteiger partial charge < -0.3 is 4.90 Å². The summed E-state index contributed by atoms with van der Waals surface area (Å²) in [4.78, 5) is 2.46. The first-order valence-corrected chi connectivity index (χ1v) is 20.9. The zero-order valence-corrected chi connectivity index (χ0v) is 33.8. The van der Waals surface area contributed by atoms with E-state index in [2.05, 4.69) is 243 Å². The second kappa shape index (κ2) is 14.4. The van der Waals surface area contributed by atoms with Crippen molar-refractivity contribution in [2.75, 3.05) is 4.90 Å². The summed E-state index contributed by atoms with van der Waals surface area (Å²) in [6, 6.07) is 82.4. The van der Waals surface area contributed by atoms with Crippen LogP contribution in [0.25, 0.3) is 77.2 Å². The van der Waals surface area contributed by atoms with Gasteiger partial charge >= 0.3 is 0 Å². The van der Waals surface area contributed by atoms with Gasteiger partial charge in [0.05, 0.1) is 5.69 Å². The van der Waals surface area contributed by atoms with Crippen LogP contribution in [0, 0.1) is 0 Å². The summed E-state index contributed by atoms with van der Waals surface area (Å²) in [7, 11) is 0. The fraction of sp³-hybridized carbons (Fsp3) is 0.0508. The molecule has 0 atom stereocenters. The van der Waals surface area contributed by atoms with Crippen molar-refractivity contribution in [3.63, 3.8) is 0 Å². The zero-order chi connectivity index (χ0) is 40.2. The normalized spacial score (nSPS) is 12.6. The third kappa shape index (κ3) is 5.85. The summed E-state index contributed by atoms with van der Waals surface area (Å²) in [5.74, 6) is 0. The van der Waals surface area contributed by atoms with E-state index in [0.29, 0.717) is 0 Å². The average molecular weight is 766 g/mol. The third-order valence-electron chi connectivity index (χ3n) is 12.7. The Morgan fingerprint density at radius 1 is 0.300 bits per heavy atom. The van der Waals surface area contributed by atoms with Gasteiger partial charge in [-0.1, -0.05) is 202 Å². The van der Waals surface area contributed by atoms with Crippen LogP contribution in [0.5, 0.6) is 0 Å². The van der Waals surface area contributed by atoms with Gasteiger partial charge in [-0.2, -0.15) is 0 Å². The molecule has 0 saturated carbocycles. The summed E-state index contributed by atoms with van der Waals surface area (Å²) in [5.41, 5.74) is 18.3. The smallest absolute Gasteiger partial charge is 0.0540 e. The maximum atomic E-state index is 2.46. The van der Waals surface area contributed by atoms with Crippen molar-refractivity contribution >= 4 is 38.6 Å². The van der Waals surface area contributed by atoms with Gasteiger partial charge in [-0.05, 0) is 119 Å². The Kier molecular flexibility index (Phi) is 8.57. The van der Waals surface area contributed by atoms with E-state index < -0.39 is 0 Å². The highest BCUT2D eigenvalue weighted by atomic mass is 15.1. The maximum Gasteiger partial charge on any atom is 0.0540 e. The maximum absolute atomic E-state index is 2.46. The van der Waals surface area contributed by atoms with Crippen molar-refractivity contribution in [2.45, 2.75) is 19.3 Å². The minimum Gasteiger partial charge on any atom is -0.310 e. The Morgan fingerprint density at radius 2 is 0.800 bits per heavy atom. The zero-order valence-electron chi connectivity index (χ0n) is 33.8. The molecule has 1 aliphatic rings. The van der Waals surface area contributed by atoms with Gasteiger partial charge in [0.1, 0.15) is 0 Å². The molecular weight excluding hydrogens is 723 g/mol. The van der Waals surface area contributed by atoms with E-state index in [9.17, 15) is 0 Å². The molecule has 1 nitrogen and oxygen atoms in total. The fourth-order valence-electron chi connectivity index (χ4n) is 9.79. The summed E-state index contributed by atoms with van der Waals surface area (Å²) >= 11 is 0. The van der Waals surface area contributed by atoms with Crippen molar-refractivity contribution in [3.8, 4) is 55.6 Å². The average Bonchev–Trinajstić information content (AvgIpc) is 3.54. The Balaban J connectivity index is 1.11. The number of benzene rings is 10. The topological polar surface area (TPSA) is 3.24 Å². The lowest BCUT2D eigenvalue weighted by molar-refractivity contribution is 0.660. The quantitative estimate of drug-likeness (QED) is 0.146. The first-order valence-electron chi connectivity index (χ1n) is 20.9. The van der Waals surface area contributed by atoms with Crippen LogP contribution in [0.15, 0.2) is 224 Å². The molecule has 0 radical (unpaired) electrons. The van der Waals surface area contributed by atoms with Crippen LogP contribution in [0.1, 0.15) is 25.0 Å². The van der Waals surface area contributed by atoms with Crippen LogP contribution in [-0.4, -0.2) is 0 Å². The molecule has 0 spiro atoms. The lowest BCUT2D eigenvalue weighted by Crippen LogP contribution is -2.15. The van der Waals surface area contributed by atoms with Crippen molar-refractivity contribution in [1.82, 2.24) is 0 Å². The molecule has 0 bridgehead atoms. The number of rotatable bonds is 7. The third-order valence-corrected chi connectivity index (χ3v) is 12.7. The Bertz CT molecular complexity index is 3230. The van der Waals surface area contributed by atoms with Crippen LogP contribution < -0.4 is 4.90 Å². The summed E-state index contributed by atoms with van der Waals surface area (Å²) in [6.45, 7) is 4.70. The molecule has 10 aromatic carbocycles. The van der Waals surface area contributed by atoms with Crippen LogP contribution >= 0.6 is 0 Å². The van der Waals surface area contributed by atoms with Gasteiger partial charge in [0, 0.05) is 22.4 Å². The molecule has 60 heavy (non-hydrogen) atoms. The van der Waals surface area contributed by atoms with Crippen LogP contribution in [0.2, 0.25) is 0 Å². The molecule has 0 heterocycles. The van der Waals surface area contributed by atoms with Crippen molar-refractivity contribution in [3.05, 3.63) is 236 Å².